The zero-order chi connectivity index (χ0) is 16.8. The van der Waals surface area contributed by atoms with Gasteiger partial charge >= 0.3 is 6.03 Å². The van der Waals surface area contributed by atoms with Gasteiger partial charge in [0.1, 0.15) is 5.76 Å². The largest absolute Gasteiger partial charge is 0.441 e. The lowest BCUT2D eigenvalue weighted by Crippen LogP contribution is -2.31. The minimum Gasteiger partial charge on any atom is -0.441 e. The smallest absolute Gasteiger partial charge is 0.319 e. The summed E-state index contributed by atoms with van der Waals surface area (Å²) in [5.41, 5.74) is 1.52. The number of benzene rings is 1. The van der Waals surface area contributed by atoms with Crippen LogP contribution < -0.4 is 10.6 Å². The number of nitrogens with one attached hydrogen (secondary N) is 2. The van der Waals surface area contributed by atoms with Crippen molar-refractivity contribution in [1.29, 1.82) is 0 Å². The van der Waals surface area contributed by atoms with Gasteiger partial charge in [0.2, 0.25) is 5.89 Å². The monoisotopic (exact) mass is 335 g/mol. The lowest BCUT2D eigenvalue weighted by atomic mass is 10.2. The third-order valence-corrected chi connectivity index (χ3v) is 3.94. The van der Waals surface area contributed by atoms with E-state index < -0.39 is 10.8 Å². The molecule has 1 heterocycles. The molecular formula is C16H21N3O3S. The first kappa shape index (κ1) is 17.2. The van der Waals surface area contributed by atoms with Gasteiger partial charge in [-0.3, -0.25) is 4.21 Å². The highest BCUT2D eigenvalue weighted by atomic mass is 32.2. The van der Waals surface area contributed by atoms with Crippen molar-refractivity contribution in [2.75, 3.05) is 23.9 Å². The Morgan fingerprint density at radius 3 is 2.57 bits per heavy atom. The fourth-order valence-electron chi connectivity index (χ4n) is 1.87. The van der Waals surface area contributed by atoms with Crippen LogP contribution in [0.4, 0.5) is 10.5 Å². The Balaban J connectivity index is 1.93. The number of amides is 2. The van der Waals surface area contributed by atoms with E-state index in [1.807, 2.05) is 26.0 Å². The standard InChI is InChI=1S/C16H21N3O3S/c1-11(2)14-10-18-15(22-14)12-4-6-13(7-5-12)19-16(20)17-8-9-23(3)21/h4-7,10-11H,8-9H2,1-3H3,(H2,17,19,20)/t23-/m0/s1. The Morgan fingerprint density at radius 2 is 2.00 bits per heavy atom. The van der Waals surface area contributed by atoms with Crippen molar-refractivity contribution in [2.45, 2.75) is 19.8 Å². The van der Waals surface area contributed by atoms with Gasteiger partial charge in [-0.05, 0) is 24.3 Å². The van der Waals surface area contributed by atoms with Gasteiger partial charge in [-0.15, -0.1) is 0 Å². The van der Waals surface area contributed by atoms with E-state index in [-0.39, 0.29) is 6.03 Å². The Morgan fingerprint density at radius 1 is 1.30 bits per heavy atom. The van der Waals surface area contributed by atoms with Crippen LogP contribution in [0.5, 0.6) is 0 Å². The molecule has 1 aromatic heterocycles. The van der Waals surface area contributed by atoms with Gasteiger partial charge in [-0.2, -0.15) is 0 Å². The van der Waals surface area contributed by atoms with Crippen LogP contribution in [0, 0.1) is 0 Å². The van der Waals surface area contributed by atoms with Crippen molar-refractivity contribution in [2.24, 2.45) is 0 Å². The second-order valence-corrected chi connectivity index (χ2v) is 7.01. The van der Waals surface area contributed by atoms with Crippen LogP contribution in [0.15, 0.2) is 34.9 Å². The number of hydrogen-bond donors (Lipinski definition) is 2. The highest BCUT2D eigenvalue weighted by Gasteiger charge is 2.09. The number of urea groups is 1. The van der Waals surface area contributed by atoms with Gasteiger partial charge in [-0.1, -0.05) is 13.8 Å². The van der Waals surface area contributed by atoms with Gasteiger partial charge in [0.25, 0.3) is 0 Å². The van der Waals surface area contributed by atoms with Crippen molar-refractivity contribution in [1.82, 2.24) is 10.3 Å². The zero-order valence-electron chi connectivity index (χ0n) is 13.5. The minimum absolute atomic E-state index is 0.290. The molecule has 2 aromatic rings. The van der Waals surface area contributed by atoms with E-state index in [0.717, 1.165) is 11.3 Å². The third kappa shape index (κ3) is 5.21. The summed E-state index contributed by atoms with van der Waals surface area (Å²) in [5.74, 6) is 2.14. The lowest BCUT2D eigenvalue weighted by Gasteiger charge is -2.07. The molecule has 0 saturated heterocycles. The van der Waals surface area contributed by atoms with Gasteiger partial charge in [-0.25, -0.2) is 9.78 Å². The van der Waals surface area contributed by atoms with Crippen molar-refractivity contribution < 1.29 is 13.4 Å². The van der Waals surface area contributed by atoms with E-state index >= 15 is 0 Å². The van der Waals surface area contributed by atoms with Crippen molar-refractivity contribution in [3.05, 3.63) is 36.2 Å². The van der Waals surface area contributed by atoms with Crippen LogP contribution in [-0.4, -0.2) is 33.8 Å². The number of rotatable bonds is 6. The fraction of sp³-hybridized carbons (Fsp3) is 0.375. The van der Waals surface area contributed by atoms with Crippen LogP contribution in [0.2, 0.25) is 0 Å². The average molecular weight is 335 g/mol. The molecule has 2 N–H and O–H groups in total. The molecule has 23 heavy (non-hydrogen) atoms. The molecule has 124 valence electrons. The number of hydrogen-bond acceptors (Lipinski definition) is 4. The Hall–Kier alpha value is -2.15. The third-order valence-electron chi connectivity index (χ3n) is 3.16. The summed E-state index contributed by atoms with van der Waals surface area (Å²) in [6, 6.07) is 6.93. The van der Waals surface area contributed by atoms with Crippen LogP contribution in [0.3, 0.4) is 0 Å². The molecule has 0 aliphatic carbocycles. The van der Waals surface area contributed by atoms with Crippen LogP contribution in [0.25, 0.3) is 11.5 Å². The van der Waals surface area contributed by atoms with Crippen LogP contribution >= 0.6 is 0 Å². The molecule has 0 aliphatic heterocycles. The SMILES string of the molecule is CC(C)c1cnc(-c2ccc(NC(=O)NCC[S@](C)=O)cc2)o1. The second kappa shape index (κ2) is 7.92. The summed E-state index contributed by atoms with van der Waals surface area (Å²) in [4.78, 5) is 15.9. The normalized spacial score (nSPS) is 12.2. The Bertz CT molecular complexity index is 680. The van der Waals surface area contributed by atoms with E-state index in [2.05, 4.69) is 15.6 Å². The summed E-state index contributed by atoms with van der Waals surface area (Å²) in [5, 5.41) is 5.37. The maximum absolute atomic E-state index is 11.7. The number of oxazole rings is 1. The van der Waals surface area contributed by atoms with E-state index in [9.17, 15) is 9.00 Å². The number of aromatic nitrogens is 1. The summed E-state index contributed by atoms with van der Waals surface area (Å²) < 4.78 is 16.6. The van der Waals surface area contributed by atoms with Crippen LogP contribution in [0.1, 0.15) is 25.5 Å². The molecule has 2 amide bonds. The second-order valence-electron chi connectivity index (χ2n) is 5.46. The molecule has 0 spiro atoms. The van der Waals surface area contributed by atoms with E-state index in [1.54, 1.807) is 24.6 Å². The predicted octanol–water partition coefficient (Wildman–Crippen LogP) is 2.97. The first-order valence-electron chi connectivity index (χ1n) is 7.36. The van der Waals surface area contributed by atoms with Crippen molar-refractivity contribution >= 4 is 22.5 Å². The lowest BCUT2D eigenvalue weighted by molar-refractivity contribution is 0.252. The Labute approximate surface area is 138 Å². The number of nitrogens with zero attached hydrogens (tertiary/aromatic N) is 1. The molecule has 1 atom stereocenters. The number of carbonyl (C=O) groups is 1. The molecule has 0 fully saturated rings. The molecule has 0 radical (unpaired) electrons. The molecule has 1 aromatic carbocycles. The molecule has 0 unspecified atom stereocenters. The highest BCUT2D eigenvalue weighted by molar-refractivity contribution is 7.84. The molecule has 0 bridgehead atoms. The number of carbonyl (C=O) groups excluding carboxylic acids is 1. The topological polar surface area (TPSA) is 84.2 Å². The summed E-state index contributed by atoms with van der Waals surface area (Å²) >= 11 is 0. The minimum atomic E-state index is -0.914. The van der Waals surface area contributed by atoms with E-state index in [4.69, 9.17) is 4.42 Å². The molecular weight excluding hydrogens is 314 g/mol. The quantitative estimate of drug-likeness (QED) is 0.850. The van der Waals surface area contributed by atoms with Gasteiger partial charge < -0.3 is 15.1 Å². The first-order valence-corrected chi connectivity index (χ1v) is 9.09. The maximum atomic E-state index is 11.7. The van der Waals surface area contributed by atoms with E-state index in [0.29, 0.717) is 29.8 Å². The number of anilines is 1. The molecule has 7 heteroatoms. The molecule has 6 nitrogen and oxygen atoms in total. The van der Waals surface area contributed by atoms with Gasteiger partial charge in [0, 0.05) is 46.5 Å². The zero-order valence-corrected chi connectivity index (χ0v) is 14.3. The first-order chi connectivity index (χ1) is 11.0. The molecule has 2 rings (SSSR count). The fourth-order valence-corrected chi connectivity index (χ4v) is 2.26. The van der Waals surface area contributed by atoms with E-state index in [1.165, 1.54) is 0 Å². The summed E-state index contributed by atoms with van der Waals surface area (Å²) in [6.45, 7) is 4.47. The molecule has 0 aliphatic rings. The summed E-state index contributed by atoms with van der Waals surface area (Å²) in [7, 11) is -0.914. The van der Waals surface area contributed by atoms with Crippen LogP contribution in [-0.2, 0) is 10.8 Å². The van der Waals surface area contributed by atoms with Crippen molar-refractivity contribution in [3.8, 4) is 11.5 Å². The van der Waals surface area contributed by atoms with Gasteiger partial charge in [0.05, 0.1) is 6.20 Å². The average Bonchev–Trinajstić information content (AvgIpc) is 2.97. The Kier molecular flexibility index (Phi) is 5.92. The molecule has 0 saturated carbocycles. The summed E-state index contributed by atoms with van der Waals surface area (Å²) in [6.07, 6.45) is 3.34. The van der Waals surface area contributed by atoms with Crippen molar-refractivity contribution in [3.63, 3.8) is 0 Å². The van der Waals surface area contributed by atoms with Gasteiger partial charge in [0.15, 0.2) is 0 Å². The maximum Gasteiger partial charge on any atom is 0.319 e. The predicted molar refractivity (Wildman–Crippen MR) is 92.0 cm³/mol. The highest BCUT2D eigenvalue weighted by Crippen LogP contribution is 2.24.